The second-order valence-electron chi connectivity index (χ2n) is 4.85. The van der Waals surface area contributed by atoms with Gasteiger partial charge in [-0.2, -0.15) is 9.97 Å². The third-order valence-electron chi connectivity index (χ3n) is 3.49. The topological polar surface area (TPSA) is 76.3 Å². The third-order valence-corrected chi connectivity index (χ3v) is 3.49. The number of methoxy groups -OCH3 is 1. The highest BCUT2D eigenvalue weighted by atomic mass is 16.5. The molecule has 0 aliphatic carbocycles. The number of ether oxygens (including phenoxy) is 1. The molecule has 0 bridgehead atoms. The van der Waals surface area contributed by atoms with E-state index in [2.05, 4.69) is 34.2 Å². The predicted molar refractivity (Wildman–Crippen MR) is 71.7 cm³/mol. The van der Waals surface area contributed by atoms with Crippen molar-refractivity contribution < 1.29 is 4.74 Å². The Bertz CT molecular complexity index is 411. The summed E-state index contributed by atoms with van der Waals surface area (Å²) < 4.78 is 5.08. The highest BCUT2D eigenvalue weighted by Gasteiger charge is 2.23. The van der Waals surface area contributed by atoms with Crippen molar-refractivity contribution in [1.82, 2.24) is 14.9 Å². The number of likely N-dealkylation sites (tertiary alicyclic amines) is 1. The lowest BCUT2D eigenvalue weighted by Gasteiger charge is -2.35. The molecule has 0 radical (unpaired) electrons. The van der Waals surface area contributed by atoms with E-state index in [4.69, 9.17) is 10.5 Å². The fourth-order valence-electron chi connectivity index (χ4n) is 2.25. The van der Waals surface area contributed by atoms with Gasteiger partial charge in [-0.1, -0.05) is 0 Å². The third kappa shape index (κ3) is 3.01. The van der Waals surface area contributed by atoms with Gasteiger partial charge in [-0.25, -0.2) is 0 Å². The zero-order chi connectivity index (χ0) is 13.1. The molecule has 6 heteroatoms. The SMILES string of the molecule is COc1cc(NC2CCN(C)C(C)C2)nc(N)n1. The van der Waals surface area contributed by atoms with E-state index in [0.717, 1.165) is 25.2 Å². The molecular formula is C12H21N5O. The van der Waals surface area contributed by atoms with E-state index in [1.54, 1.807) is 13.2 Å². The summed E-state index contributed by atoms with van der Waals surface area (Å²) in [7, 11) is 3.73. The van der Waals surface area contributed by atoms with Crippen molar-refractivity contribution >= 4 is 11.8 Å². The maximum absolute atomic E-state index is 5.64. The molecule has 0 amide bonds. The second-order valence-corrected chi connectivity index (χ2v) is 4.85. The second kappa shape index (κ2) is 5.39. The number of nitrogen functional groups attached to an aromatic ring is 1. The van der Waals surface area contributed by atoms with Gasteiger partial charge in [0.25, 0.3) is 0 Å². The molecule has 0 spiro atoms. The summed E-state index contributed by atoms with van der Waals surface area (Å²) in [5, 5.41) is 3.41. The number of nitrogens with zero attached hydrogens (tertiary/aromatic N) is 3. The number of rotatable bonds is 3. The lowest BCUT2D eigenvalue weighted by atomic mass is 9.99. The molecule has 1 aliphatic rings. The van der Waals surface area contributed by atoms with Crippen molar-refractivity contribution in [1.29, 1.82) is 0 Å². The van der Waals surface area contributed by atoms with Gasteiger partial charge < -0.3 is 20.7 Å². The molecule has 1 aliphatic heterocycles. The van der Waals surface area contributed by atoms with Gasteiger partial charge in [-0.15, -0.1) is 0 Å². The number of piperidine rings is 1. The lowest BCUT2D eigenvalue weighted by Crippen LogP contribution is -2.42. The van der Waals surface area contributed by atoms with Crippen LogP contribution in [0.15, 0.2) is 6.07 Å². The van der Waals surface area contributed by atoms with Crippen LogP contribution >= 0.6 is 0 Å². The minimum Gasteiger partial charge on any atom is -0.481 e. The van der Waals surface area contributed by atoms with E-state index in [-0.39, 0.29) is 5.95 Å². The molecule has 100 valence electrons. The number of hydrogen-bond donors (Lipinski definition) is 2. The summed E-state index contributed by atoms with van der Waals surface area (Å²) >= 11 is 0. The van der Waals surface area contributed by atoms with Crippen LogP contribution in [0.4, 0.5) is 11.8 Å². The molecule has 2 rings (SSSR count). The van der Waals surface area contributed by atoms with Gasteiger partial charge in [0.15, 0.2) is 0 Å². The fraction of sp³-hybridized carbons (Fsp3) is 0.667. The van der Waals surface area contributed by atoms with Crippen LogP contribution in [0, 0.1) is 0 Å². The average molecular weight is 251 g/mol. The predicted octanol–water partition coefficient (Wildman–Crippen LogP) is 0.962. The molecule has 2 unspecified atom stereocenters. The van der Waals surface area contributed by atoms with Gasteiger partial charge in [0.2, 0.25) is 11.8 Å². The largest absolute Gasteiger partial charge is 0.481 e. The Kier molecular flexibility index (Phi) is 3.86. The number of hydrogen-bond acceptors (Lipinski definition) is 6. The zero-order valence-electron chi connectivity index (χ0n) is 11.2. The maximum Gasteiger partial charge on any atom is 0.225 e. The Hall–Kier alpha value is -1.56. The summed E-state index contributed by atoms with van der Waals surface area (Å²) in [5.41, 5.74) is 5.64. The molecular weight excluding hydrogens is 230 g/mol. The summed E-state index contributed by atoms with van der Waals surface area (Å²) in [6.45, 7) is 3.33. The molecule has 2 heterocycles. The van der Waals surface area contributed by atoms with Crippen LogP contribution in [0.25, 0.3) is 0 Å². The van der Waals surface area contributed by atoms with Gasteiger partial charge in [0.05, 0.1) is 7.11 Å². The summed E-state index contributed by atoms with van der Waals surface area (Å²) in [4.78, 5) is 10.5. The molecule has 0 aromatic carbocycles. The summed E-state index contributed by atoms with van der Waals surface area (Å²) in [6, 6.07) is 2.78. The first kappa shape index (κ1) is 12.9. The fourth-order valence-corrected chi connectivity index (χ4v) is 2.25. The van der Waals surface area contributed by atoms with Gasteiger partial charge in [-0.3, -0.25) is 0 Å². The maximum atomic E-state index is 5.64. The van der Waals surface area contributed by atoms with E-state index < -0.39 is 0 Å². The standard InChI is InChI=1S/C12H21N5O/c1-8-6-9(4-5-17(8)2)14-10-7-11(18-3)16-12(13)15-10/h7-9H,4-6H2,1-3H3,(H3,13,14,15,16). The van der Waals surface area contributed by atoms with Crippen molar-refractivity contribution in [2.45, 2.75) is 31.8 Å². The van der Waals surface area contributed by atoms with Crippen molar-refractivity contribution in [2.75, 3.05) is 31.8 Å². The summed E-state index contributed by atoms with van der Waals surface area (Å²) in [6.07, 6.45) is 2.20. The van der Waals surface area contributed by atoms with Crippen LogP contribution < -0.4 is 15.8 Å². The first-order valence-corrected chi connectivity index (χ1v) is 6.24. The first-order valence-electron chi connectivity index (χ1n) is 6.24. The minimum atomic E-state index is 0.234. The van der Waals surface area contributed by atoms with Gasteiger partial charge in [0, 0.05) is 24.7 Å². The van der Waals surface area contributed by atoms with E-state index in [1.807, 2.05) is 0 Å². The smallest absolute Gasteiger partial charge is 0.225 e. The van der Waals surface area contributed by atoms with Crippen molar-refractivity contribution in [3.05, 3.63) is 6.07 Å². The van der Waals surface area contributed by atoms with Crippen LogP contribution in [0.1, 0.15) is 19.8 Å². The van der Waals surface area contributed by atoms with Gasteiger partial charge in [0.1, 0.15) is 5.82 Å². The van der Waals surface area contributed by atoms with Crippen molar-refractivity contribution in [3.8, 4) is 5.88 Å². The van der Waals surface area contributed by atoms with Crippen LogP contribution in [0.5, 0.6) is 5.88 Å². The number of nitrogens with one attached hydrogen (secondary N) is 1. The number of aromatic nitrogens is 2. The van der Waals surface area contributed by atoms with Crippen molar-refractivity contribution in [2.24, 2.45) is 0 Å². The zero-order valence-corrected chi connectivity index (χ0v) is 11.2. The molecule has 18 heavy (non-hydrogen) atoms. The molecule has 3 N–H and O–H groups in total. The molecule has 1 saturated heterocycles. The Morgan fingerprint density at radius 1 is 1.50 bits per heavy atom. The molecule has 6 nitrogen and oxygen atoms in total. The van der Waals surface area contributed by atoms with E-state index in [9.17, 15) is 0 Å². The Balaban J connectivity index is 2.03. The number of anilines is 2. The van der Waals surface area contributed by atoms with Crippen LogP contribution in [0.2, 0.25) is 0 Å². The molecule has 2 atom stereocenters. The monoisotopic (exact) mass is 251 g/mol. The minimum absolute atomic E-state index is 0.234. The highest BCUT2D eigenvalue weighted by molar-refractivity contribution is 5.43. The number of nitrogens with two attached hydrogens (primary N) is 1. The lowest BCUT2D eigenvalue weighted by molar-refractivity contribution is 0.190. The summed E-state index contributed by atoms with van der Waals surface area (Å²) in [5.74, 6) is 1.46. The molecule has 0 saturated carbocycles. The van der Waals surface area contributed by atoms with Crippen molar-refractivity contribution in [3.63, 3.8) is 0 Å². The molecule has 1 fully saturated rings. The molecule has 1 aromatic rings. The van der Waals surface area contributed by atoms with Gasteiger partial charge >= 0.3 is 0 Å². The average Bonchev–Trinajstić information content (AvgIpc) is 2.33. The molecule has 1 aromatic heterocycles. The quantitative estimate of drug-likeness (QED) is 0.833. The Morgan fingerprint density at radius 2 is 2.28 bits per heavy atom. The normalized spacial score (nSPS) is 24.8. The van der Waals surface area contributed by atoms with Crippen LogP contribution in [0.3, 0.4) is 0 Å². The highest BCUT2D eigenvalue weighted by Crippen LogP contribution is 2.21. The van der Waals surface area contributed by atoms with Gasteiger partial charge in [-0.05, 0) is 26.8 Å². The van der Waals surface area contributed by atoms with E-state index in [1.165, 1.54) is 0 Å². The van der Waals surface area contributed by atoms with E-state index in [0.29, 0.717) is 18.0 Å². The van der Waals surface area contributed by atoms with Crippen LogP contribution in [-0.4, -0.2) is 47.7 Å². The van der Waals surface area contributed by atoms with Crippen LogP contribution in [-0.2, 0) is 0 Å². The first-order chi connectivity index (χ1) is 8.58. The van der Waals surface area contributed by atoms with E-state index >= 15 is 0 Å². The Morgan fingerprint density at radius 3 is 2.94 bits per heavy atom. The Labute approximate surface area is 108 Å².